The zero-order chi connectivity index (χ0) is 18.8. The first kappa shape index (κ1) is 20.0. The van der Waals surface area contributed by atoms with Gasteiger partial charge in [0.15, 0.2) is 5.11 Å². The van der Waals surface area contributed by atoms with Crippen molar-refractivity contribution in [3.05, 3.63) is 54.1 Å². The molecule has 0 aromatic heterocycles. The Balaban J connectivity index is 1.72. The van der Waals surface area contributed by atoms with Crippen molar-refractivity contribution in [2.75, 3.05) is 18.5 Å². The smallest absolute Gasteiger partial charge is 0.170 e. The summed E-state index contributed by atoms with van der Waals surface area (Å²) in [6.45, 7) is 7.47. The van der Waals surface area contributed by atoms with Crippen molar-refractivity contribution in [2.45, 2.75) is 39.7 Å². The second-order valence-electron chi connectivity index (χ2n) is 6.22. The van der Waals surface area contributed by atoms with Gasteiger partial charge >= 0.3 is 0 Å². The molecule has 0 spiro atoms. The molecule has 0 saturated heterocycles. The summed E-state index contributed by atoms with van der Waals surface area (Å²) in [4.78, 5) is 0. The standard InChI is InChI=1S/C21H28N2O2S/c1-4-24-20-10-6-5-9-19(20)23-21(26)22-15-7-8-17-11-13-18(14-12-17)25-16(2)3/h5-6,9-14,16H,4,7-8,15H2,1-3H3,(H2,22,23,26). The number of anilines is 1. The Morgan fingerprint density at radius 2 is 1.81 bits per heavy atom. The van der Waals surface area contributed by atoms with Gasteiger partial charge in [-0.3, -0.25) is 0 Å². The Hall–Kier alpha value is -2.27. The number of thiocarbonyl (C=S) groups is 1. The fourth-order valence-electron chi connectivity index (χ4n) is 2.52. The Labute approximate surface area is 161 Å². The summed E-state index contributed by atoms with van der Waals surface area (Å²) >= 11 is 5.37. The van der Waals surface area contributed by atoms with E-state index in [0.29, 0.717) is 11.7 Å². The molecule has 0 amide bonds. The van der Waals surface area contributed by atoms with Gasteiger partial charge in [-0.25, -0.2) is 0 Å². The molecule has 0 aliphatic rings. The number of para-hydroxylation sites is 2. The zero-order valence-electron chi connectivity index (χ0n) is 15.7. The van der Waals surface area contributed by atoms with E-state index in [9.17, 15) is 0 Å². The average Bonchev–Trinajstić information content (AvgIpc) is 2.61. The normalized spacial score (nSPS) is 10.5. The third kappa shape index (κ3) is 6.92. The van der Waals surface area contributed by atoms with Gasteiger partial charge < -0.3 is 20.1 Å². The third-order valence-corrected chi connectivity index (χ3v) is 3.90. The van der Waals surface area contributed by atoms with E-state index in [2.05, 4.69) is 22.8 Å². The van der Waals surface area contributed by atoms with Crippen molar-refractivity contribution in [2.24, 2.45) is 0 Å². The average molecular weight is 373 g/mol. The van der Waals surface area contributed by atoms with Gasteiger partial charge in [-0.1, -0.05) is 24.3 Å². The molecule has 2 aromatic rings. The molecule has 2 aromatic carbocycles. The van der Waals surface area contributed by atoms with Crippen LogP contribution < -0.4 is 20.1 Å². The van der Waals surface area contributed by atoms with Gasteiger partial charge in [-0.15, -0.1) is 0 Å². The highest BCUT2D eigenvalue weighted by Crippen LogP contribution is 2.23. The van der Waals surface area contributed by atoms with Crippen LogP contribution in [-0.4, -0.2) is 24.4 Å². The molecule has 0 heterocycles. The minimum absolute atomic E-state index is 0.200. The van der Waals surface area contributed by atoms with E-state index < -0.39 is 0 Å². The highest BCUT2D eigenvalue weighted by molar-refractivity contribution is 7.80. The molecule has 2 N–H and O–H groups in total. The molecular formula is C21H28N2O2S. The first-order valence-electron chi connectivity index (χ1n) is 9.10. The van der Waals surface area contributed by atoms with Crippen molar-refractivity contribution in [3.8, 4) is 11.5 Å². The lowest BCUT2D eigenvalue weighted by atomic mass is 10.1. The number of hydrogen-bond donors (Lipinski definition) is 2. The monoisotopic (exact) mass is 372 g/mol. The van der Waals surface area contributed by atoms with Crippen LogP contribution in [0.25, 0.3) is 0 Å². The first-order valence-corrected chi connectivity index (χ1v) is 9.51. The summed E-state index contributed by atoms with van der Waals surface area (Å²) in [6, 6.07) is 16.1. The van der Waals surface area contributed by atoms with Crippen molar-refractivity contribution in [1.29, 1.82) is 0 Å². The van der Waals surface area contributed by atoms with Crippen LogP contribution in [0.5, 0.6) is 11.5 Å². The van der Waals surface area contributed by atoms with E-state index in [0.717, 1.165) is 36.6 Å². The minimum Gasteiger partial charge on any atom is -0.492 e. The molecule has 4 nitrogen and oxygen atoms in total. The van der Waals surface area contributed by atoms with Gasteiger partial charge in [-0.05, 0) is 75.7 Å². The van der Waals surface area contributed by atoms with Crippen molar-refractivity contribution >= 4 is 23.0 Å². The molecule has 0 radical (unpaired) electrons. The summed E-state index contributed by atoms with van der Waals surface area (Å²) < 4.78 is 11.3. The third-order valence-electron chi connectivity index (χ3n) is 3.66. The molecule has 0 fully saturated rings. The van der Waals surface area contributed by atoms with Crippen molar-refractivity contribution in [3.63, 3.8) is 0 Å². The van der Waals surface area contributed by atoms with Crippen molar-refractivity contribution in [1.82, 2.24) is 5.32 Å². The quantitative estimate of drug-likeness (QED) is 0.489. The lowest BCUT2D eigenvalue weighted by Gasteiger charge is -2.14. The zero-order valence-corrected chi connectivity index (χ0v) is 16.6. The summed E-state index contributed by atoms with van der Waals surface area (Å²) in [5, 5.41) is 7.06. The summed E-state index contributed by atoms with van der Waals surface area (Å²) in [7, 11) is 0. The van der Waals surface area contributed by atoms with E-state index >= 15 is 0 Å². The fraction of sp³-hybridized carbons (Fsp3) is 0.381. The van der Waals surface area contributed by atoms with Crippen LogP contribution >= 0.6 is 12.2 Å². The highest BCUT2D eigenvalue weighted by atomic mass is 32.1. The van der Waals surface area contributed by atoms with Crippen molar-refractivity contribution < 1.29 is 9.47 Å². The molecule has 0 aliphatic carbocycles. The number of benzene rings is 2. The highest BCUT2D eigenvalue weighted by Gasteiger charge is 2.04. The maximum absolute atomic E-state index is 5.66. The van der Waals surface area contributed by atoms with Crippen LogP contribution in [0.2, 0.25) is 0 Å². The maximum atomic E-state index is 5.66. The van der Waals surface area contributed by atoms with Crippen LogP contribution in [-0.2, 0) is 6.42 Å². The van der Waals surface area contributed by atoms with Crippen LogP contribution in [0.3, 0.4) is 0 Å². The molecule has 26 heavy (non-hydrogen) atoms. The number of ether oxygens (including phenoxy) is 2. The van der Waals surface area contributed by atoms with Gasteiger partial charge in [0.25, 0.3) is 0 Å². The second kappa shape index (κ2) is 10.7. The maximum Gasteiger partial charge on any atom is 0.170 e. The molecule has 140 valence electrons. The Morgan fingerprint density at radius 1 is 1.08 bits per heavy atom. The van der Waals surface area contributed by atoms with E-state index in [1.165, 1.54) is 5.56 Å². The molecule has 0 unspecified atom stereocenters. The summed E-state index contributed by atoms with van der Waals surface area (Å²) in [5.41, 5.74) is 2.18. The van der Waals surface area contributed by atoms with E-state index in [1.807, 2.05) is 57.2 Å². The molecule has 0 saturated carbocycles. The molecular weight excluding hydrogens is 344 g/mol. The number of aryl methyl sites for hydroxylation is 1. The van der Waals surface area contributed by atoms with Crippen LogP contribution in [0.1, 0.15) is 32.8 Å². The fourth-order valence-corrected chi connectivity index (χ4v) is 2.73. The van der Waals surface area contributed by atoms with Gasteiger partial charge in [0.1, 0.15) is 11.5 Å². The van der Waals surface area contributed by atoms with Crippen LogP contribution in [0, 0.1) is 0 Å². The first-order chi connectivity index (χ1) is 12.6. The number of nitrogens with one attached hydrogen (secondary N) is 2. The predicted molar refractivity (Wildman–Crippen MR) is 112 cm³/mol. The van der Waals surface area contributed by atoms with Gasteiger partial charge in [0.2, 0.25) is 0 Å². The number of hydrogen-bond acceptors (Lipinski definition) is 3. The molecule has 0 bridgehead atoms. The van der Waals surface area contributed by atoms with Gasteiger partial charge in [-0.2, -0.15) is 0 Å². The largest absolute Gasteiger partial charge is 0.492 e. The molecule has 5 heteroatoms. The SMILES string of the molecule is CCOc1ccccc1NC(=S)NCCCc1ccc(OC(C)C)cc1. The van der Waals surface area contributed by atoms with E-state index in [4.69, 9.17) is 21.7 Å². The second-order valence-corrected chi connectivity index (χ2v) is 6.63. The lowest BCUT2D eigenvalue weighted by molar-refractivity contribution is 0.242. The lowest BCUT2D eigenvalue weighted by Crippen LogP contribution is -2.29. The molecule has 2 rings (SSSR count). The van der Waals surface area contributed by atoms with E-state index in [1.54, 1.807) is 0 Å². The van der Waals surface area contributed by atoms with Gasteiger partial charge in [0, 0.05) is 6.54 Å². The Kier molecular flexibility index (Phi) is 8.22. The van der Waals surface area contributed by atoms with Crippen LogP contribution in [0.15, 0.2) is 48.5 Å². The van der Waals surface area contributed by atoms with Gasteiger partial charge in [0.05, 0.1) is 18.4 Å². The summed E-state index contributed by atoms with van der Waals surface area (Å²) in [6.07, 6.45) is 2.19. The Bertz CT molecular complexity index is 687. The minimum atomic E-state index is 0.200. The molecule has 0 atom stereocenters. The molecule has 0 aliphatic heterocycles. The number of rotatable bonds is 9. The Morgan fingerprint density at radius 3 is 2.50 bits per heavy atom. The topological polar surface area (TPSA) is 42.5 Å². The van der Waals surface area contributed by atoms with E-state index in [-0.39, 0.29) is 6.10 Å². The van der Waals surface area contributed by atoms with Crippen LogP contribution in [0.4, 0.5) is 5.69 Å². The predicted octanol–water partition coefficient (Wildman–Crippen LogP) is 4.79. The summed E-state index contributed by atoms with van der Waals surface area (Å²) in [5.74, 6) is 1.73.